The van der Waals surface area contributed by atoms with Gasteiger partial charge in [-0.05, 0) is 68.2 Å². The van der Waals surface area contributed by atoms with Crippen LogP contribution in [0.5, 0.6) is 0 Å². The van der Waals surface area contributed by atoms with Gasteiger partial charge in [0, 0.05) is 19.6 Å². The molecular formula is C28H37N3O2. The molecule has 2 aliphatic rings. The molecule has 2 unspecified atom stereocenters. The fraction of sp³-hybridized carbons (Fsp3) is 0.500. The van der Waals surface area contributed by atoms with E-state index in [0.29, 0.717) is 12.5 Å². The summed E-state index contributed by atoms with van der Waals surface area (Å²) in [4.78, 5) is 30.9. The molecule has 2 aliphatic heterocycles. The molecule has 5 nitrogen and oxygen atoms in total. The Hall–Kier alpha value is -2.66. The van der Waals surface area contributed by atoms with Crippen LogP contribution in [0.2, 0.25) is 0 Å². The molecule has 5 heteroatoms. The standard InChI is InChI=1S/C28H37N3O2/c1-19-11-14-30(15-12-19)28(33)27-25-8-6-5-7-23(25)13-16-31(27)18-26(32)29-22(4)24-10-9-20(2)17-21(24)3/h5-10,17,19,22,27H,11-16,18H2,1-4H3,(H,29,32). The van der Waals surface area contributed by atoms with E-state index in [0.717, 1.165) is 43.5 Å². The number of amides is 2. The van der Waals surface area contributed by atoms with Crippen molar-refractivity contribution in [2.75, 3.05) is 26.2 Å². The van der Waals surface area contributed by atoms with Crippen molar-refractivity contribution in [3.05, 3.63) is 70.3 Å². The molecule has 0 aliphatic carbocycles. The Morgan fingerprint density at radius 1 is 1.06 bits per heavy atom. The lowest BCUT2D eigenvalue weighted by Crippen LogP contribution is -2.50. The fourth-order valence-electron chi connectivity index (χ4n) is 5.34. The first-order valence-electron chi connectivity index (χ1n) is 12.3. The highest BCUT2D eigenvalue weighted by atomic mass is 16.2. The molecule has 0 spiro atoms. The van der Waals surface area contributed by atoms with E-state index < -0.39 is 0 Å². The molecule has 33 heavy (non-hydrogen) atoms. The minimum atomic E-state index is -0.384. The second-order valence-corrected chi connectivity index (χ2v) is 9.98. The molecule has 0 saturated carbocycles. The average molecular weight is 448 g/mol. The minimum absolute atomic E-state index is 0.0353. The third-order valence-corrected chi connectivity index (χ3v) is 7.33. The molecule has 2 atom stereocenters. The third-order valence-electron chi connectivity index (χ3n) is 7.33. The van der Waals surface area contributed by atoms with Gasteiger partial charge in [-0.2, -0.15) is 0 Å². The summed E-state index contributed by atoms with van der Waals surface area (Å²) in [6.45, 7) is 11.0. The van der Waals surface area contributed by atoms with Crippen LogP contribution in [-0.2, 0) is 16.0 Å². The summed E-state index contributed by atoms with van der Waals surface area (Å²) in [5.41, 5.74) is 5.81. The Morgan fingerprint density at radius 2 is 1.79 bits per heavy atom. The number of carbonyl (C=O) groups is 2. The summed E-state index contributed by atoms with van der Waals surface area (Å²) in [5.74, 6) is 0.775. The summed E-state index contributed by atoms with van der Waals surface area (Å²) < 4.78 is 0. The Labute approximate surface area is 198 Å². The second kappa shape index (κ2) is 10.1. The maximum absolute atomic E-state index is 13.7. The van der Waals surface area contributed by atoms with Crippen molar-refractivity contribution in [1.82, 2.24) is 15.1 Å². The van der Waals surface area contributed by atoms with Gasteiger partial charge in [0.05, 0.1) is 12.6 Å². The van der Waals surface area contributed by atoms with Gasteiger partial charge in [0.15, 0.2) is 0 Å². The molecule has 2 aromatic carbocycles. The van der Waals surface area contributed by atoms with Crippen molar-refractivity contribution in [2.45, 2.75) is 59.0 Å². The molecule has 0 bridgehead atoms. The number of hydrogen-bond donors (Lipinski definition) is 1. The molecule has 1 saturated heterocycles. The van der Waals surface area contributed by atoms with E-state index in [4.69, 9.17) is 0 Å². The Bertz CT molecular complexity index is 1010. The topological polar surface area (TPSA) is 52.7 Å². The number of hydrogen-bond acceptors (Lipinski definition) is 3. The first kappa shape index (κ1) is 23.5. The Morgan fingerprint density at radius 3 is 2.52 bits per heavy atom. The van der Waals surface area contributed by atoms with Gasteiger partial charge in [-0.3, -0.25) is 14.5 Å². The van der Waals surface area contributed by atoms with Crippen LogP contribution in [0.15, 0.2) is 42.5 Å². The highest BCUT2D eigenvalue weighted by Gasteiger charge is 2.37. The molecule has 0 aromatic heterocycles. The van der Waals surface area contributed by atoms with Crippen LogP contribution in [0.3, 0.4) is 0 Å². The Kier molecular flexibility index (Phi) is 7.18. The zero-order valence-electron chi connectivity index (χ0n) is 20.4. The van der Waals surface area contributed by atoms with Crippen LogP contribution in [0, 0.1) is 19.8 Å². The predicted octanol–water partition coefficient (Wildman–Crippen LogP) is 4.34. The quantitative estimate of drug-likeness (QED) is 0.742. The zero-order valence-corrected chi connectivity index (χ0v) is 20.4. The van der Waals surface area contributed by atoms with Crippen molar-refractivity contribution < 1.29 is 9.59 Å². The molecule has 176 valence electrons. The third kappa shape index (κ3) is 5.30. The molecular weight excluding hydrogens is 410 g/mol. The molecule has 0 radical (unpaired) electrons. The fourth-order valence-corrected chi connectivity index (χ4v) is 5.34. The number of likely N-dealkylation sites (tertiary alicyclic amines) is 1. The zero-order chi connectivity index (χ0) is 23.5. The van der Waals surface area contributed by atoms with Gasteiger partial charge in [-0.25, -0.2) is 0 Å². The highest BCUT2D eigenvalue weighted by Crippen LogP contribution is 2.32. The number of nitrogens with one attached hydrogen (secondary N) is 1. The predicted molar refractivity (Wildman–Crippen MR) is 132 cm³/mol. The number of carbonyl (C=O) groups excluding carboxylic acids is 2. The maximum Gasteiger partial charge on any atom is 0.244 e. The monoisotopic (exact) mass is 447 g/mol. The lowest BCUT2D eigenvalue weighted by Gasteiger charge is -2.40. The summed E-state index contributed by atoms with van der Waals surface area (Å²) >= 11 is 0. The smallest absolute Gasteiger partial charge is 0.244 e. The van der Waals surface area contributed by atoms with Gasteiger partial charge in [0.2, 0.25) is 11.8 Å². The van der Waals surface area contributed by atoms with Crippen LogP contribution in [-0.4, -0.2) is 47.8 Å². The molecule has 4 rings (SSSR count). The Balaban J connectivity index is 1.50. The van der Waals surface area contributed by atoms with Crippen molar-refractivity contribution in [3.63, 3.8) is 0 Å². The second-order valence-electron chi connectivity index (χ2n) is 9.98. The van der Waals surface area contributed by atoms with Crippen molar-refractivity contribution in [1.29, 1.82) is 0 Å². The number of aryl methyl sites for hydroxylation is 2. The van der Waals surface area contributed by atoms with Crippen molar-refractivity contribution in [2.24, 2.45) is 5.92 Å². The maximum atomic E-state index is 13.7. The van der Waals surface area contributed by atoms with Gasteiger partial charge in [-0.1, -0.05) is 55.0 Å². The van der Waals surface area contributed by atoms with Crippen LogP contribution in [0.25, 0.3) is 0 Å². The van der Waals surface area contributed by atoms with E-state index in [1.54, 1.807) is 0 Å². The lowest BCUT2D eigenvalue weighted by molar-refractivity contribution is -0.140. The highest BCUT2D eigenvalue weighted by molar-refractivity contribution is 5.86. The first-order chi connectivity index (χ1) is 15.8. The van der Waals surface area contributed by atoms with Crippen LogP contribution in [0.4, 0.5) is 0 Å². The summed E-state index contributed by atoms with van der Waals surface area (Å²) in [7, 11) is 0. The molecule has 2 amide bonds. The molecule has 1 fully saturated rings. The number of piperidine rings is 1. The van der Waals surface area contributed by atoms with Crippen molar-refractivity contribution in [3.8, 4) is 0 Å². The summed E-state index contributed by atoms with van der Waals surface area (Å²) in [5, 5.41) is 3.17. The van der Waals surface area contributed by atoms with Gasteiger partial charge < -0.3 is 10.2 Å². The lowest BCUT2D eigenvalue weighted by atomic mass is 9.90. The number of rotatable bonds is 5. The number of fused-ring (bicyclic) bond motifs is 1. The SMILES string of the molecule is Cc1ccc(C(C)NC(=O)CN2CCc3ccccc3C2C(=O)N2CCC(C)CC2)c(C)c1. The van der Waals surface area contributed by atoms with Gasteiger partial charge in [-0.15, -0.1) is 0 Å². The molecule has 2 heterocycles. The van der Waals surface area contributed by atoms with Crippen LogP contribution in [0.1, 0.15) is 66.6 Å². The minimum Gasteiger partial charge on any atom is -0.348 e. The van der Waals surface area contributed by atoms with Gasteiger partial charge in [0.25, 0.3) is 0 Å². The van der Waals surface area contributed by atoms with Gasteiger partial charge in [0.1, 0.15) is 6.04 Å². The van der Waals surface area contributed by atoms with Crippen molar-refractivity contribution >= 4 is 11.8 Å². The van der Waals surface area contributed by atoms with Crippen LogP contribution >= 0.6 is 0 Å². The van der Waals surface area contributed by atoms with E-state index in [2.05, 4.69) is 61.3 Å². The number of benzene rings is 2. The molecule has 2 aromatic rings. The summed E-state index contributed by atoms with van der Waals surface area (Å²) in [6.07, 6.45) is 2.96. The summed E-state index contributed by atoms with van der Waals surface area (Å²) in [6, 6.07) is 14.1. The largest absolute Gasteiger partial charge is 0.348 e. The first-order valence-corrected chi connectivity index (χ1v) is 12.3. The molecule has 1 N–H and O–H groups in total. The van der Waals surface area contributed by atoms with Gasteiger partial charge >= 0.3 is 0 Å². The van der Waals surface area contributed by atoms with Crippen LogP contribution < -0.4 is 5.32 Å². The van der Waals surface area contributed by atoms with E-state index >= 15 is 0 Å². The average Bonchev–Trinajstić information content (AvgIpc) is 2.78. The number of nitrogens with zero attached hydrogens (tertiary/aromatic N) is 2. The van der Waals surface area contributed by atoms with E-state index in [1.807, 2.05) is 24.0 Å². The van der Waals surface area contributed by atoms with E-state index in [1.165, 1.54) is 16.7 Å². The van der Waals surface area contributed by atoms with E-state index in [9.17, 15) is 9.59 Å². The normalized spacial score (nSPS) is 20.2. The van der Waals surface area contributed by atoms with E-state index in [-0.39, 0.29) is 30.4 Å².